The Morgan fingerprint density at radius 2 is 1.84 bits per heavy atom. The Balaban J connectivity index is 1.82. The number of ether oxygens (including phenoxy) is 1. The first-order valence-corrected chi connectivity index (χ1v) is 11.8. The molecule has 0 atom stereocenters. The van der Waals surface area contributed by atoms with E-state index in [0.29, 0.717) is 18.9 Å². The zero-order valence-corrected chi connectivity index (χ0v) is 19.8. The van der Waals surface area contributed by atoms with Crippen molar-refractivity contribution in [2.24, 2.45) is 0 Å². The molecule has 1 aromatic heterocycles. The van der Waals surface area contributed by atoms with E-state index in [0.717, 1.165) is 17.8 Å². The molecule has 0 saturated carbocycles. The van der Waals surface area contributed by atoms with Gasteiger partial charge in [-0.05, 0) is 53.8 Å². The molecule has 0 aliphatic heterocycles. The number of aliphatic hydroxyl groups is 1. The van der Waals surface area contributed by atoms with Crippen LogP contribution in [0.25, 0.3) is 22.4 Å². The van der Waals surface area contributed by atoms with Crippen molar-refractivity contribution in [3.05, 3.63) is 72.1 Å². The number of benzene rings is 2. The lowest BCUT2D eigenvalue weighted by Crippen LogP contribution is -2.34. The molecule has 0 aliphatic carbocycles. The molecule has 32 heavy (non-hydrogen) atoms. The molecule has 0 saturated heterocycles. The van der Waals surface area contributed by atoms with E-state index in [-0.39, 0.29) is 11.9 Å². The second-order valence-electron chi connectivity index (χ2n) is 7.55. The van der Waals surface area contributed by atoms with Crippen LogP contribution in [-0.2, 0) is 11.3 Å². The number of carbonyl (C=O) groups is 1. The number of nitrogens with zero attached hydrogens (tertiary/aromatic N) is 2. The zero-order chi connectivity index (χ0) is 22.9. The number of rotatable bonds is 9. The van der Waals surface area contributed by atoms with Gasteiger partial charge >= 0.3 is 5.30 Å². The quantitative estimate of drug-likeness (QED) is 0.366. The highest BCUT2D eigenvalue weighted by Gasteiger charge is 2.11. The van der Waals surface area contributed by atoms with E-state index in [4.69, 9.17) is 9.84 Å². The number of hydrogen-bond donors (Lipinski definition) is 1. The third-order valence-corrected chi connectivity index (χ3v) is 6.07. The van der Waals surface area contributed by atoms with Crippen LogP contribution in [0.15, 0.2) is 60.9 Å². The first-order valence-electron chi connectivity index (χ1n) is 10.8. The van der Waals surface area contributed by atoms with Crippen LogP contribution in [-0.4, -0.2) is 43.0 Å². The van der Waals surface area contributed by atoms with E-state index in [2.05, 4.69) is 73.5 Å². The number of hydrogen-bond acceptors (Lipinski definition) is 5. The van der Waals surface area contributed by atoms with Crippen molar-refractivity contribution in [3.63, 3.8) is 0 Å². The summed E-state index contributed by atoms with van der Waals surface area (Å²) in [5, 5.41) is 11.3. The van der Waals surface area contributed by atoms with Gasteiger partial charge in [-0.3, -0.25) is 0 Å². The summed E-state index contributed by atoms with van der Waals surface area (Å²) in [6, 6.07) is 16.9. The third kappa shape index (κ3) is 6.11. The van der Waals surface area contributed by atoms with E-state index in [9.17, 15) is 4.79 Å². The summed E-state index contributed by atoms with van der Waals surface area (Å²) >= 11 is 1.21. The fraction of sp³-hybridized carbons (Fsp3) is 0.308. The first kappa shape index (κ1) is 23.8. The van der Waals surface area contributed by atoms with Crippen LogP contribution in [0.4, 0.5) is 10.5 Å². The van der Waals surface area contributed by atoms with Gasteiger partial charge in [0.05, 0.1) is 6.61 Å². The Bertz CT molecular complexity index is 1080. The molecular weight excluding hydrogens is 420 g/mol. The molecule has 2 aromatic carbocycles. The largest absolute Gasteiger partial charge is 0.458 e. The number of anilines is 1. The topological polar surface area (TPSA) is 53.7 Å². The van der Waals surface area contributed by atoms with Crippen molar-refractivity contribution in [1.82, 2.24) is 0 Å². The summed E-state index contributed by atoms with van der Waals surface area (Å²) in [7, 11) is 2.06. The van der Waals surface area contributed by atoms with Crippen LogP contribution in [0.2, 0.25) is 0 Å². The molecule has 0 aliphatic rings. The Morgan fingerprint density at radius 3 is 2.53 bits per heavy atom. The second kappa shape index (κ2) is 11.7. The molecule has 6 heteroatoms. The smallest absolute Gasteiger partial charge is 0.367 e. The van der Waals surface area contributed by atoms with Gasteiger partial charge in [-0.1, -0.05) is 36.4 Å². The van der Waals surface area contributed by atoms with Crippen molar-refractivity contribution >= 4 is 45.2 Å². The van der Waals surface area contributed by atoms with Gasteiger partial charge in [0.25, 0.3) is 0 Å². The third-order valence-electron chi connectivity index (χ3n) is 5.33. The van der Waals surface area contributed by atoms with E-state index >= 15 is 0 Å². The number of fused-ring (bicyclic) bond motifs is 1. The highest BCUT2D eigenvalue weighted by atomic mass is 32.2. The van der Waals surface area contributed by atoms with Crippen molar-refractivity contribution < 1.29 is 19.2 Å². The van der Waals surface area contributed by atoms with Gasteiger partial charge in [0, 0.05) is 42.6 Å². The number of aromatic nitrogens is 1. The molecule has 3 rings (SSSR count). The van der Waals surface area contributed by atoms with Gasteiger partial charge in [0.15, 0.2) is 18.9 Å². The van der Waals surface area contributed by atoms with Gasteiger partial charge in [-0.2, -0.15) is 0 Å². The molecule has 5 nitrogen and oxygen atoms in total. The Kier molecular flexibility index (Phi) is 8.71. The molecule has 1 N–H and O–H groups in total. The van der Waals surface area contributed by atoms with Crippen LogP contribution >= 0.6 is 11.8 Å². The van der Waals surface area contributed by atoms with Gasteiger partial charge in [-0.25, -0.2) is 9.36 Å². The van der Waals surface area contributed by atoms with Crippen molar-refractivity contribution in [2.75, 3.05) is 37.5 Å². The monoisotopic (exact) mass is 451 g/mol. The lowest BCUT2D eigenvalue weighted by Gasteiger charge is -2.21. The summed E-state index contributed by atoms with van der Waals surface area (Å²) in [5.74, 6) is 0.675. The van der Waals surface area contributed by atoms with E-state index in [1.807, 2.05) is 23.9 Å². The number of allylic oxidation sites excluding steroid dienone is 1. The molecule has 0 amide bonds. The minimum Gasteiger partial charge on any atom is -0.458 e. The molecule has 0 unspecified atom stereocenters. The average molecular weight is 452 g/mol. The lowest BCUT2D eigenvalue weighted by molar-refractivity contribution is -0.698. The minimum absolute atomic E-state index is 0.132. The predicted octanol–water partition coefficient (Wildman–Crippen LogP) is 5.01. The van der Waals surface area contributed by atoms with Gasteiger partial charge in [0.2, 0.25) is 0 Å². The molecule has 0 spiro atoms. The van der Waals surface area contributed by atoms with Gasteiger partial charge in [0.1, 0.15) is 6.61 Å². The summed E-state index contributed by atoms with van der Waals surface area (Å²) in [4.78, 5) is 13.8. The Labute approximate surface area is 194 Å². The molecular formula is C26H31N2O3S+. The maximum atomic E-state index is 11.6. The van der Waals surface area contributed by atoms with Crippen molar-refractivity contribution in [3.8, 4) is 0 Å². The summed E-state index contributed by atoms with van der Waals surface area (Å²) in [6.45, 7) is 5.83. The van der Waals surface area contributed by atoms with Crippen LogP contribution in [0.3, 0.4) is 0 Å². The SMILES string of the molecule is CCOC(=O)SCCN(C)c1ccc(/C=C(\C)c2cc[n+](CCO)cc2)c2ccccc12. The van der Waals surface area contributed by atoms with E-state index in [1.165, 1.54) is 33.7 Å². The van der Waals surface area contributed by atoms with Crippen LogP contribution in [0.1, 0.15) is 25.0 Å². The normalized spacial score (nSPS) is 11.6. The van der Waals surface area contributed by atoms with E-state index < -0.39 is 0 Å². The second-order valence-corrected chi connectivity index (χ2v) is 8.58. The van der Waals surface area contributed by atoms with Gasteiger partial charge < -0.3 is 14.7 Å². The molecule has 0 radical (unpaired) electrons. The van der Waals surface area contributed by atoms with Crippen LogP contribution in [0, 0.1) is 0 Å². The van der Waals surface area contributed by atoms with Crippen molar-refractivity contribution in [1.29, 1.82) is 0 Å². The van der Waals surface area contributed by atoms with Gasteiger partial charge in [-0.15, -0.1) is 0 Å². The van der Waals surface area contributed by atoms with Crippen LogP contribution < -0.4 is 9.47 Å². The lowest BCUT2D eigenvalue weighted by atomic mass is 9.99. The number of pyridine rings is 1. The Morgan fingerprint density at radius 1 is 1.12 bits per heavy atom. The summed E-state index contributed by atoms with van der Waals surface area (Å²) < 4.78 is 6.96. The number of carbonyl (C=O) groups excluding carboxylic acids is 1. The fourth-order valence-electron chi connectivity index (χ4n) is 3.61. The van der Waals surface area contributed by atoms with E-state index in [1.54, 1.807) is 0 Å². The fourth-order valence-corrected chi connectivity index (χ4v) is 4.35. The minimum atomic E-state index is -0.218. The average Bonchev–Trinajstić information content (AvgIpc) is 2.80. The summed E-state index contributed by atoms with van der Waals surface area (Å²) in [5.41, 5.74) is 4.64. The number of aliphatic hydroxyl groups excluding tert-OH is 1. The molecule has 3 aromatic rings. The predicted molar refractivity (Wildman–Crippen MR) is 134 cm³/mol. The Hall–Kier alpha value is -2.83. The molecule has 0 fully saturated rings. The maximum absolute atomic E-state index is 11.6. The molecule has 1 heterocycles. The maximum Gasteiger partial charge on any atom is 0.367 e. The van der Waals surface area contributed by atoms with Crippen LogP contribution in [0.5, 0.6) is 0 Å². The summed E-state index contributed by atoms with van der Waals surface area (Å²) in [6.07, 6.45) is 6.20. The highest BCUT2D eigenvalue weighted by molar-refractivity contribution is 8.13. The highest BCUT2D eigenvalue weighted by Crippen LogP contribution is 2.31. The standard InChI is InChI=1S/C26H31N2O3S/c1-4-31-26(30)32-18-16-27(3)25-10-9-22(23-7-5-6-8-24(23)25)19-20(2)21-11-13-28(14-12-21)15-17-29/h5-14,19,29H,4,15-18H2,1-3H3/q+1. The molecule has 168 valence electrons. The van der Waals surface area contributed by atoms with Crippen molar-refractivity contribution in [2.45, 2.75) is 20.4 Å². The first-order chi connectivity index (χ1) is 15.5. The zero-order valence-electron chi connectivity index (χ0n) is 19.0. The molecule has 0 bridgehead atoms. The number of thioether (sulfide) groups is 1.